The fourth-order valence-electron chi connectivity index (χ4n) is 1.60. The first-order chi connectivity index (χ1) is 10.2. The van der Waals surface area contributed by atoms with E-state index in [0.717, 1.165) is 0 Å². The van der Waals surface area contributed by atoms with Crippen molar-refractivity contribution in [3.63, 3.8) is 0 Å². The van der Waals surface area contributed by atoms with Gasteiger partial charge in [-0.15, -0.1) is 0 Å². The van der Waals surface area contributed by atoms with Crippen LogP contribution in [0.4, 0.5) is 13.2 Å². The lowest BCUT2D eigenvalue weighted by atomic mass is 10.2. The summed E-state index contributed by atoms with van der Waals surface area (Å²) in [5.74, 6) is -1.06. The molecule has 2 rings (SSSR count). The summed E-state index contributed by atoms with van der Waals surface area (Å²) < 4.78 is 43.2. The van der Waals surface area contributed by atoms with Crippen LogP contribution >= 0.6 is 23.2 Å². The Labute approximate surface area is 132 Å². The van der Waals surface area contributed by atoms with Gasteiger partial charge in [0.05, 0.1) is 21.2 Å². The van der Waals surface area contributed by atoms with Crippen LogP contribution in [0.25, 0.3) is 0 Å². The first-order valence-corrected chi connectivity index (χ1v) is 6.51. The van der Waals surface area contributed by atoms with Crippen LogP contribution in [0.3, 0.4) is 0 Å². The molecule has 3 nitrogen and oxygen atoms in total. The molecule has 22 heavy (non-hydrogen) atoms. The molecule has 0 bridgehead atoms. The van der Waals surface area contributed by atoms with E-state index in [4.69, 9.17) is 33.0 Å². The number of ether oxygens (including phenoxy) is 1. The van der Waals surface area contributed by atoms with Gasteiger partial charge in [0.25, 0.3) is 0 Å². The van der Waals surface area contributed by atoms with E-state index in [1.165, 1.54) is 24.3 Å². The third kappa shape index (κ3) is 3.64. The molecule has 0 spiro atoms. The van der Waals surface area contributed by atoms with E-state index < -0.39 is 17.7 Å². The summed E-state index contributed by atoms with van der Waals surface area (Å²) in [6, 6.07) is 6.65. The highest BCUT2D eigenvalue weighted by Crippen LogP contribution is 2.41. The third-order valence-corrected chi connectivity index (χ3v) is 3.21. The molecule has 0 fully saturated rings. The Morgan fingerprint density at radius 3 is 1.95 bits per heavy atom. The fraction of sp³-hybridized carbons (Fsp3) is 0.0714. The summed E-state index contributed by atoms with van der Waals surface area (Å²) >= 11 is 11.5. The highest BCUT2D eigenvalue weighted by atomic mass is 35.5. The Balaban J connectivity index is 2.32. The van der Waals surface area contributed by atoms with E-state index >= 15 is 0 Å². The SMILES string of the molecule is O=C(O)c1ccc(Oc2c(Cl)cc(C(F)(F)F)cc2Cl)cc1. The topological polar surface area (TPSA) is 46.5 Å². The van der Waals surface area contributed by atoms with E-state index in [0.29, 0.717) is 12.1 Å². The van der Waals surface area contributed by atoms with Crippen molar-refractivity contribution < 1.29 is 27.8 Å². The van der Waals surface area contributed by atoms with Gasteiger partial charge in [0.2, 0.25) is 0 Å². The van der Waals surface area contributed by atoms with Crippen molar-refractivity contribution in [3.8, 4) is 11.5 Å². The Bertz CT molecular complexity index is 689. The van der Waals surface area contributed by atoms with E-state index in [-0.39, 0.29) is 27.1 Å². The Hall–Kier alpha value is -1.92. The first-order valence-electron chi connectivity index (χ1n) is 5.76. The molecule has 116 valence electrons. The molecule has 0 saturated carbocycles. The van der Waals surface area contributed by atoms with Gasteiger partial charge < -0.3 is 9.84 Å². The number of rotatable bonds is 3. The molecule has 0 unspecified atom stereocenters. The molecule has 0 heterocycles. The predicted octanol–water partition coefficient (Wildman–Crippen LogP) is 5.50. The highest BCUT2D eigenvalue weighted by Gasteiger charge is 2.32. The van der Waals surface area contributed by atoms with Crippen LogP contribution < -0.4 is 4.74 Å². The molecule has 0 saturated heterocycles. The molecular formula is C14H7Cl2F3O3. The smallest absolute Gasteiger partial charge is 0.416 e. The molecule has 1 N–H and O–H groups in total. The zero-order chi connectivity index (χ0) is 16.5. The number of hydrogen-bond donors (Lipinski definition) is 1. The third-order valence-electron chi connectivity index (χ3n) is 2.65. The van der Waals surface area contributed by atoms with Gasteiger partial charge in [-0.25, -0.2) is 4.79 Å². The molecule has 0 aromatic heterocycles. The van der Waals surface area contributed by atoms with Crippen LogP contribution in [-0.2, 0) is 6.18 Å². The lowest BCUT2D eigenvalue weighted by molar-refractivity contribution is -0.137. The zero-order valence-corrected chi connectivity index (χ0v) is 12.1. The average molecular weight is 351 g/mol. The molecule has 2 aromatic rings. The number of benzene rings is 2. The van der Waals surface area contributed by atoms with Crippen molar-refractivity contribution >= 4 is 29.2 Å². The van der Waals surface area contributed by atoms with Crippen LogP contribution in [0.1, 0.15) is 15.9 Å². The van der Waals surface area contributed by atoms with E-state index in [1.54, 1.807) is 0 Å². The minimum Gasteiger partial charge on any atom is -0.478 e. The summed E-state index contributed by atoms with van der Waals surface area (Å²) in [5.41, 5.74) is -0.951. The lowest BCUT2D eigenvalue weighted by Gasteiger charge is -2.13. The van der Waals surface area contributed by atoms with Crippen LogP contribution in [0.15, 0.2) is 36.4 Å². The van der Waals surface area contributed by atoms with Crippen molar-refractivity contribution in [2.45, 2.75) is 6.18 Å². The summed E-state index contributed by atoms with van der Waals surface area (Å²) in [5, 5.41) is 8.16. The molecule has 0 aliphatic heterocycles. The van der Waals surface area contributed by atoms with Crippen LogP contribution in [-0.4, -0.2) is 11.1 Å². The van der Waals surface area contributed by atoms with E-state index in [1.807, 2.05) is 0 Å². The second-order valence-corrected chi connectivity index (χ2v) is 5.01. The van der Waals surface area contributed by atoms with Crippen molar-refractivity contribution in [2.24, 2.45) is 0 Å². The molecule has 0 atom stereocenters. The predicted molar refractivity (Wildman–Crippen MR) is 74.9 cm³/mol. The van der Waals surface area contributed by atoms with Crippen molar-refractivity contribution in [1.82, 2.24) is 0 Å². The van der Waals surface area contributed by atoms with Gasteiger partial charge in [-0.3, -0.25) is 0 Å². The highest BCUT2D eigenvalue weighted by molar-refractivity contribution is 6.37. The van der Waals surface area contributed by atoms with Crippen LogP contribution in [0, 0.1) is 0 Å². The van der Waals surface area contributed by atoms with Crippen LogP contribution in [0.2, 0.25) is 10.0 Å². The van der Waals surface area contributed by atoms with Gasteiger partial charge in [-0.1, -0.05) is 23.2 Å². The second-order valence-electron chi connectivity index (χ2n) is 4.20. The number of hydrogen-bond acceptors (Lipinski definition) is 2. The normalized spacial score (nSPS) is 11.3. The Morgan fingerprint density at radius 2 is 1.55 bits per heavy atom. The van der Waals surface area contributed by atoms with Gasteiger partial charge in [-0.2, -0.15) is 13.2 Å². The van der Waals surface area contributed by atoms with Gasteiger partial charge in [-0.05, 0) is 36.4 Å². The number of halogens is 5. The van der Waals surface area contributed by atoms with Crippen molar-refractivity contribution in [3.05, 3.63) is 57.6 Å². The lowest BCUT2D eigenvalue weighted by Crippen LogP contribution is -2.05. The molecule has 0 radical (unpaired) electrons. The van der Waals surface area contributed by atoms with E-state index in [9.17, 15) is 18.0 Å². The maximum absolute atomic E-state index is 12.6. The number of carbonyl (C=O) groups is 1. The second kappa shape index (κ2) is 6.06. The minimum absolute atomic E-state index is 0.0389. The summed E-state index contributed by atoms with van der Waals surface area (Å²) in [7, 11) is 0. The Kier molecular flexibility index (Phi) is 4.53. The molecular weight excluding hydrogens is 344 g/mol. The Morgan fingerprint density at radius 1 is 1.05 bits per heavy atom. The van der Waals surface area contributed by atoms with Gasteiger partial charge in [0, 0.05) is 0 Å². The zero-order valence-electron chi connectivity index (χ0n) is 10.6. The minimum atomic E-state index is -4.57. The number of aromatic carboxylic acids is 1. The summed E-state index contributed by atoms with van der Waals surface area (Å²) in [6.07, 6.45) is -4.57. The molecule has 0 aliphatic rings. The fourth-order valence-corrected chi connectivity index (χ4v) is 2.17. The number of carboxylic acids is 1. The van der Waals surface area contributed by atoms with Crippen molar-refractivity contribution in [2.75, 3.05) is 0 Å². The molecule has 8 heteroatoms. The quantitative estimate of drug-likeness (QED) is 0.794. The maximum atomic E-state index is 12.6. The van der Waals surface area contributed by atoms with E-state index in [2.05, 4.69) is 0 Å². The number of carboxylic acid groups (broad SMARTS) is 1. The van der Waals surface area contributed by atoms with Gasteiger partial charge in [0.15, 0.2) is 5.75 Å². The molecule has 2 aromatic carbocycles. The maximum Gasteiger partial charge on any atom is 0.416 e. The largest absolute Gasteiger partial charge is 0.478 e. The molecule has 0 aliphatic carbocycles. The van der Waals surface area contributed by atoms with Gasteiger partial charge >= 0.3 is 12.1 Å². The average Bonchev–Trinajstić information content (AvgIpc) is 2.42. The monoisotopic (exact) mass is 350 g/mol. The molecule has 0 amide bonds. The standard InChI is InChI=1S/C14H7Cl2F3O3/c15-10-5-8(14(17,18)19)6-11(16)12(10)22-9-3-1-7(2-4-9)13(20)21/h1-6H,(H,20,21). The van der Waals surface area contributed by atoms with Crippen LogP contribution in [0.5, 0.6) is 11.5 Å². The summed E-state index contributed by atoms with van der Waals surface area (Å²) in [4.78, 5) is 10.7. The first kappa shape index (κ1) is 16.5. The van der Waals surface area contributed by atoms with Crippen molar-refractivity contribution in [1.29, 1.82) is 0 Å². The summed E-state index contributed by atoms with van der Waals surface area (Å²) in [6.45, 7) is 0. The van der Waals surface area contributed by atoms with Gasteiger partial charge in [0.1, 0.15) is 5.75 Å². The number of alkyl halides is 3.